The summed E-state index contributed by atoms with van der Waals surface area (Å²) in [4.78, 5) is 24.3. The van der Waals surface area contributed by atoms with Crippen molar-refractivity contribution < 1.29 is 14.7 Å². The molecule has 2 fully saturated rings. The van der Waals surface area contributed by atoms with Crippen LogP contribution in [0.1, 0.15) is 56.9 Å². The van der Waals surface area contributed by atoms with E-state index in [-0.39, 0.29) is 18.5 Å². The van der Waals surface area contributed by atoms with E-state index in [9.17, 15) is 14.7 Å². The summed E-state index contributed by atoms with van der Waals surface area (Å²) in [5, 5.41) is 16.6. The fourth-order valence-corrected chi connectivity index (χ4v) is 3.74. The lowest BCUT2D eigenvalue weighted by Gasteiger charge is -2.29. The van der Waals surface area contributed by atoms with Gasteiger partial charge in [-0.25, -0.2) is 0 Å². The molecular formula is C20H28N2O3. The molecule has 3 N–H and O–H groups in total. The average molecular weight is 344 g/mol. The van der Waals surface area contributed by atoms with E-state index in [0.717, 1.165) is 44.1 Å². The molecule has 2 saturated carbocycles. The predicted molar refractivity (Wildman–Crippen MR) is 95.7 cm³/mol. The number of amides is 2. The minimum Gasteiger partial charge on any atom is -0.383 e. The molecule has 3 rings (SSSR count). The number of nitrogens with one attached hydrogen (secondary N) is 2. The Morgan fingerprint density at radius 2 is 1.60 bits per heavy atom. The molecule has 1 aromatic carbocycles. The van der Waals surface area contributed by atoms with E-state index in [2.05, 4.69) is 10.6 Å². The van der Waals surface area contributed by atoms with E-state index in [1.54, 1.807) is 0 Å². The summed E-state index contributed by atoms with van der Waals surface area (Å²) >= 11 is 0. The van der Waals surface area contributed by atoms with Gasteiger partial charge in [0.05, 0.1) is 6.54 Å². The highest BCUT2D eigenvalue weighted by atomic mass is 16.3. The van der Waals surface area contributed by atoms with Crippen LogP contribution in [0.2, 0.25) is 0 Å². The van der Waals surface area contributed by atoms with Crippen LogP contribution < -0.4 is 10.6 Å². The number of carbonyl (C=O) groups excluding carboxylic acids is 2. The molecule has 2 aliphatic carbocycles. The maximum absolute atomic E-state index is 12.2. The lowest BCUT2D eigenvalue weighted by molar-refractivity contribution is -0.140. The first-order valence-electron chi connectivity index (χ1n) is 9.46. The van der Waals surface area contributed by atoms with E-state index < -0.39 is 17.4 Å². The van der Waals surface area contributed by atoms with E-state index in [0.29, 0.717) is 0 Å². The number of hydrogen-bond acceptors (Lipinski definition) is 3. The molecule has 1 atom stereocenters. The predicted octanol–water partition coefficient (Wildman–Crippen LogP) is 2.24. The third kappa shape index (κ3) is 4.60. The van der Waals surface area contributed by atoms with E-state index in [1.165, 1.54) is 12.8 Å². The smallest absolute Gasteiger partial charge is 0.309 e. The van der Waals surface area contributed by atoms with Crippen molar-refractivity contribution >= 4 is 11.8 Å². The van der Waals surface area contributed by atoms with Crippen molar-refractivity contribution in [3.8, 4) is 0 Å². The SMILES string of the molecule is O=C(NCC(O)(c1ccccc1)C1CC1)C(=O)NC1CCCCCC1. The first-order valence-corrected chi connectivity index (χ1v) is 9.46. The Hall–Kier alpha value is -1.88. The fourth-order valence-electron chi connectivity index (χ4n) is 3.74. The largest absolute Gasteiger partial charge is 0.383 e. The summed E-state index contributed by atoms with van der Waals surface area (Å²) in [6.45, 7) is 0.0681. The zero-order valence-electron chi connectivity index (χ0n) is 14.7. The van der Waals surface area contributed by atoms with Gasteiger partial charge in [-0.15, -0.1) is 0 Å². The van der Waals surface area contributed by atoms with Gasteiger partial charge in [-0.2, -0.15) is 0 Å². The summed E-state index contributed by atoms with van der Waals surface area (Å²) in [6, 6.07) is 9.49. The standard InChI is InChI=1S/C20H28N2O3/c23-18(19(24)22-17-10-6-1-2-7-11-17)21-14-20(25,16-12-13-16)15-8-4-3-5-9-15/h3-5,8-9,16-17,25H,1-2,6-7,10-14H2,(H,21,23)(H,22,24). The van der Waals surface area contributed by atoms with Crippen molar-refractivity contribution in [1.82, 2.24) is 10.6 Å². The van der Waals surface area contributed by atoms with Gasteiger partial charge in [0, 0.05) is 6.04 Å². The number of carbonyl (C=O) groups is 2. The monoisotopic (exact) mass is 344 g/mol. The van der Waals surface area contributed by atoms with Gasteiger partial charge < -0.3 is 15.7 Å². The molecule has 2 amide bonds. The van der Waals surface area contributed by atoms with Crippen LogP contribution in [0.5, 0.6) is 0 Å². The van der Waals surface area contributed by atoms with Crippen LogP contribution in [0.3, 0.4) is 0 Å². The number of hydrogen-bond donors (Lipinski definition) is 3. The molecule has 1 aromatic rings. The van der Waals surface area contributed by atoms with Crippen LogP contribution in [0.15, 0.2) is 30.3 Å². The van der Waals surface area contributed by atoms with E-state index in [1.807, 2.05) is 30.3 Å². The quantitative estimate of drug-likeness (QED) is 0.566. The summed E-state index contributed by atoms with van der Waals surface area (Å²) < 4.78 is 0. The van der Waals surface area contributed by atoms with E-state index in [4.69, 9.17) is 0 Å². The van der Waals surface area contributed by atoms with Gasteiger partial charge in [-0.05, 0) is 37.2 Å². The lowest BCUT2D eigenvalue weighted by Crippen LogP contribution is -2.49. The summed E-state index contributed by atoms with van der Waals surface area (Å²) in [5.41, 5.74) is -0.304. The molecule has 0 aromatic heterocycles. The molecule has 5 nitrogen and oxygen atoms in total. The lowest BCUT2D eigenvalue weighted by atomic mass is 9.88. The molecule has 0 heterocycles. The van der Waals surface area contributed by atoms with Crippen LogP contribution in [0, 0.1) is 5.92 Å². The van der Waals surface area contributed by atoms with Crippen LogP contribution in [0.25, 0.3) is 0 Å². The second-order valence-corrected chi connectivity index (χ2v) is 7.41. The highest BCUT2D eigenvalue weighted by molar-refractivity contribution is 6.35. The van der Waals surface area contributed by atoms with Gasteiger partial charge >= 0.3 is 11.8 Å². The van der Waals surface area contributed by atoms with Crippen molar-refractivity contribution in [3.05, 3.63) is 35.9 Å². The zero-order chi connectivity index (χ0) is 17.7. The Morgan fingerprint density at radius 1 is 0.960 bits per heavy atom. The average Bonchev–Trinajstić information content (AvgIpc) is 3.48. The normalized spacial score (nSPS) is 21.0. The molecule has 0 spiro atoms. The molecule has 5 heteroatoms. The Labute approximate surface area is 149 Å². The molecule has 0 saturated heterocycles. The first-order chi connectivity index (χ1) is 12.1. The van der Waals surface area contributed by atoms with Crippen molar-refractivity contribution in [3.63, 3.8) is 0 Å². The second-order valence-electron chi connectivity index (χ2n) is 7.41. The van der Waals surface area contributed by atoms with Crippen LogP contribution in [-0.2, 0) is 15.2 Å². The number of benzene rings is 1. The number of aliphatic hydroxyl groups is 1. The molecule has 25 heavy (non-hydrogen) atoms. The fraction of sp³-hybridized carbons (Fsp3) is 0.600. The summed E-state index contributed by atoms with van der Waals surface area (Å²) in [5.74, 6) is -1.10. The molecule has 0 radical (unpaired) electrons. The molecule has 0 aliphatic heterocycles. The van der Waals surface area contributed by atoms with Crippen LogP contribution in [0.4, 0.5) is 0 Å². The van der Waals surface area contributed by atoms with Crippen LogP contribution >= 0.6 is 0 Å². The van der Waals surface area contributed by atoms with Crippen molar-refractivity contribution in [1.29, 1.82) is 0 Å². The summed E-state index contributed by atoms with van der Waals surface area (Å²) in [6.07, 6.45) is 8.35. The maximum atomic E-state index is 12.2. The van der Waals surface area contributed by atoms with Crippen LogP contribution in [-0.4, -0.2) is 29.5 Å². The van der Waals surface area contributed by atoms with Gasteiger partial charge in [0.2, 0.25) is 0 Å². The molecule has 2 aliphatic rings. The Morgan fingerprint density at radius 3 is 2.20 bits per heavy atom. The minimum absolute atomic E-state index is 0.0681. The van der Waals surface area contributed by atoms with Gasteiger partial charge in [-0.3, -0.25) is 9.59 Å². The third-order valence-electron chi connectivity index (χ3n) is 5.44. The zero-order valence-corrected chi connectivity index (χ0v) is 14.7. The molecule has 136 valence electrons. The number of rotatable bonds is 5. The van der Waals surface area contributed by atoms with Gasteiger partial charge in [0.25, 0.3) is 0 Å². The minimum atomic E-state index is -1.10. The Balaban J connectivity index is 1.55. The van der Waals surface area contributed by atoms with Gasteiger partial charge in [0.15, 0.2) is 0 Å². The molecular weight excluding hydrogens is 316 g/mol. The first kappa shape index (κ1) is 17.9. The Kier molecular flexibility index (Phi) is 5.74. The van der Waals surface area contributed by atoms with Crippen molar-refractivity contribution in [2.24, 2.45) is 5.92 Å². The Bertz CT molecular complexity index is 592. The topological polar surface area (TPSA) is 78.4 Å². The molecule has 1 unspecified atom stereocenters. The van der Waals surface area contributed by atoms with Gasteiger partial charge in [-0.1, -0.05) is 56.0 Å². The second kappa shape index (κ2) is 8.00. The summed E-state index contributed by atoms with van der Waals surface area (Å²) in [7, 11) is 0. The maximum Gasteiger partial charge on any atom is 0.309 e. The highest BCUT2D eigenvalue weighted by Crippen LogP contribution is 2.45. The highest BCUT2D eigenvalue weighted by Gasteiger charge is 2.45. The van der Waals surface area contributed by atoms with Gasteiger partial charge in [0.1, 0.15) is 5.60 Å². The third-order valence-corrected chi connectivity index (χ3v) is 5.44. The van der Waals surface area contributed by atoms with Crippen molar-refractivity contribution in [2.75, 3.05) is 6.54 Å². The van der Waals surface area contributed by atoms with Crippen molar-refractivity contribution in [2.45, 2.75) is 63.0 Å². The molecule has 0 bridgehead atoms. The van der Waals surface area contributed by atoms with E-state index >= 15 is 0 Å².